The molecule has 0 aromatic carbocycles. The Morgan fingerprint density at radius 3 is 2.56 bits per heavy atom. The molecule has 54 valence electrons. The van der Waals surface area contributed by atoms with Crippen molar-refractivity contribution in [3.05, 3.63) is 12.3 Å². The van der Waals surface area contributed by atoms with Gasteiger partial charge in [0.1, 0.15) is 0 Å². The molecule has 0 aromatic rings. The highest BCUT2D eigenvalue weighted by atomic mass is 32.5. The molecule has 4 nitrogen and oxygen atoms in total. The van der Waals surface area contributed by atoms with Crippen molar-refractivity contribution in [2.24, 2.45) is 5.73 Å². The summed E-state index contributed by atoms with van der Waals surface area (Å²) in [5.41, 5.74) is 4.91. The first-order valence-corrected chi connectivity index (χ1v) is 4.75. The third-order valence-corrected chi connectivity index (χ3v) is 1.28. The van der Waals surface area contributed by atoms with Gasteiger partial charge >= 0.3 is 6.72 Å². The van der Waals surface area contributed by atoms with E-state index in [-0.39, 0.29) is 6.61 Å². The molecule has 0 saturated heterocycles. The lowest BCUT2D eigenvalue weighted by Gasteiger charge is -2.03. The fourth-order valence-electron chi connectivity index (χ4n) is 0.196. The normalized spacial score (nSPS) is 12.7. The highest BCUT2D eigenvalue weighted by Crippen LogP contribution is 2.35. The largest absolute Gasteiger partial charge is 0.405 e. The molecule has 0 heterocycles. The SMILES string of the molecule is NC=CCOP(O)(O)=S. The van der Waals surface area contributed by atoms with Crippen LogP contribution in [0, 0.1) is 0 Å². The lowest BCUT2D eigenvalue weighted by molar-refractivity contribution is 0.278. The highest BCUT2D eigenvalue weighted by Gasteiger charge is 2.04. The van der Waals surface area contributed by atoms with E-state index in [1.165, 1.54) is 12.3 Å². The number of hydrogen-bond donors (Lipinski definition) is 3. The number of nitrogens with two attached hydrogens (primary N) is 1. The Morgan fingerprint density at radius 2 is 2.22 bits per heavy atom. The maximum absolute atomic E-state index is 8.43. The van der Waals surface area contributed by atoms with Crippen LogP contribution in [-0.4, -0.2) is 16.4 Å². The molecule has 0 aromatic heterocycles. The van der Waals surface area contributed by atoms with E-state index in [2.05, 4.69) is 16.3 Å². The molecule has 0 unspecified atom stereocenters. The average Bonchev–Trinajstić information content (AvgIpc) is 1.63. The van der Waals surface area contributed by atoms with Crippen molar-refractivity contribution in [1.82, 2.24) is 0 Å². The van der Waals surface area contributed by atoms with Crippen molar-refractivity contribution >= 4 is 18.5 Å². The highest BCUT2D eigenvalue weighted by molar-refractivity contribution is 8.06. The van der Waals surface area contributed by atoms with E-state index < -0.39 is 6.72 Å². The van der Waals surface area contributed by atoms with E-state index >= 15 is 0 Å². The molecule has 0 spiro atoms. The molecule has 4 N–H and O–H groups in total. The van der Waals surface area contributed by atoms with Gasteiger partial charge in [-0.2, -0.15) is 0 Å². The maximum Gasteiger partial charge on any atom is 0.322 e. The van der Waals surface area contributed by atoms with Crippen LogP contribution in [0.25, 0.3) is 0 Å². The fourth-order valence-corrected chi connectivity index (χ4v) is 0.659. The van der Waals surface area contributed by atoms with Gasteiger partial charge in [0.05, 0.1) is 6.61 Å². The lowest BCUT2D eigenvalue weighted by atomic mass is 10.7. The topological polar surface area (TPSA) is 75.7 Å². The summed E-state index contributed by atoms with van der Waals surface area (Å²) >= 11 is 4.12. The average molecular weight is 169 g/mol. The number of rotatable bonds is 3. The lowest BCUT2D eigenvalue weighted by Crippen LogP contribution is -1.88. The molecule has 0 fully saturated rings. The van der Waals surface area contributed by atoms with Crippen molar-refractivity contribution in [1.29, 1.82) is 0 Å². The zero-order valence-electron chi connectivity index (χ0n) is 4.60. The van der Waals surface area contributed by atoms with Crippen LogP contribution in [0.4, 0.5) is 0 Å². The zero-order valence-corrected chi connectivity index (χ0v) is 6.31. The first kappa shape index (κ1) is 9.07. The summed E-state index contributed by atoms with van der Waals surface area (Å²) in [6.45, 7) is -3.43. The van der Waals surface area contributed by atoms with Gasteiger partial charge in [-0.15, -0.1) is 0 Å². The van der Waals surface area contributed by atoms with Crippen LogP contribution in [0.1, 0.15) is 0 Å². The molecule has 0 rings (SSSR count). The quantitative estimate of drug-likeness (QED) is 0.505. The van der Waals surface area contributed by atoms with Crippen LogP contribution in [0.2, 0.25) is 0 Å². The third kappa shape index (κ3) is 8.07. The van der Waals surface area contributed by atoms with Crippen molar-refractivity contribution in [2.45, 2.75) is 0 Å². The molecule has 0 aliphatic rings. The van der Waals surface area contributed by atoms with Gasteiger partial charge in [-0.25, -0.2) is 0 Å². The minimum Gasteiger partial charge on any atom is -0.405 e. The summed E-state index contributed by atoms with van der Waals surface area (Å²) in [6, 6.07) is 0. The first-order valence-electron chi connectivity index (χ1n) is 2.13. The van der Waals surface area contributed by atoms with Crippen LogP contribution < -0.4 is 5.73 Å². The second kappa shape index (κ2) is 3.98. The predicted molar refractivity (Wildman–Crippen MR) is 38.0 cm³/mol. The molecule has 0 amide bonds. The standard InChI is InChI=1S/C3H8NO3PS/c4-2-1-3-7-8(5,6)9/h1-2H,3-4H2,(H2,5,6,9). The smallest absolute Gasteiger partial charge is 0.322 e. The summed E-state index contributed by atoms with van der Waals surface area (Å²) in [7, 11) is 0. The second-order valence-electron chi connectivity index (χ2n) is 1.21. The molecular formula is C3H8NO3PS. The molecule has 0 aliphatic heterocycles. The van der Waals surface area contributed by atoms with Crippen LogP contribution >= 0.6 is 6.72 Å². The van der Waals surface area contributed by atoms with Gasteiger partial charge in [-0.1, -0.05) is 0 Å². The Bertz CT molecular complexity index is 142. The molecule has 6 heteroatoms. The molecule has 0 atom stereocenters. The molecule has 0 bridgehead atoms. The van der Waals surface area contributed by atoms with Crippen LogP contribution in [0.3, 0.4) is 0 Å². The first-order chi connectivity index (χ1) is 4.06. The Balaban J connectivity index is 3.40. The van der Waals surface area contributed by atoms with Crippen molar-refractivity contribution in [2.75, 3.05) is 6.61 Å². The summed E-state index contributed by atoms with van der Waals surface area (Å²) in [6.07, 6.45) is 2.67. The maximum atomic E-state index is 8.43. The van der Waals surface area contributed by atoms with E-state index in [1.54, 1.807) is 0 Å². The molecule has 0 saturated carbocycles. The Labute approximate surface area is 58.2 Å². The summed E-state index contributed by atoms with van der Waals surface area (Å²) in [4.78, 5) is 16.9. The molecule has 9 heavy (non-hydrogen) atoms. The minimum atomic E-state index is -3.47. The van der Waals surface area contributed by atoms with Gasteiger partial charge in [0.2, 0.25) is 0 Å². The van der Waals surface area contributed by atoms with Gasteiger partial charge in [0, 0.05) is 0 Å². The fraction of sp³-hybridized carbons (Fsp3) is 0.333. The van der Waals surface area contributed by atoms with Gasteiger partial charge in [0.15, 0.2) is 0 Å². The van der Waals surface area contributed by atoms with Crippen LogP contribution in [-0.2, 0) is 16.3 Å². The van der Waals surface area contributed by atoms with Crippen molar-refractivity contribution in [3.8, 4) is 0 Å². The third-order valence-electron chi connectivity index (χ3n) is 0.475. The summed E-state index contributed by atoms with van der Waals surface area (Å²) < 4.78 is 4.34. The zero-order chi connectivity index (χ0) is 7.33. The molecular weight excluding hydrogens is 161 g/mol. The van der Waals surface area contributed by atoms with Gasteiger partial charge in [-0.3, -0.25) is 0 Å². The summed E-state index contributed by atoms with van der Waals surface area (Å²) in [5, 5.41) is 0. The molecule has 0 radical (unpaired) electrons. The summed E-state index contributed by atoms with van der Waals surface area (Å²) in [5.74, 6) is 0. The van der Waals surface area contributed by atoms with E-state index in [0.717, 1.165) is 0 Å². The second-order valence-corrected chi connectivity index (χ2v) is 3.88. The monoisotopic (exact) mass is 169 g/mol. The Kier molecular flexibility index (Phi) is 4.01. The number of hydrogen-bond acceptors (Lipinski definition) is 3. The van der Waals surface area contributed by atoms with E-state index in [0.29, 0.717) is 0 Å². The van der Waals surface area contributed by atoms with Gasteiger partial charge in [0.25, 0.3) is 0 Å². The van der Waals surface area contributed by atoms with Crippen LogP contribution in [0.5, 0.6) is 0 Å². The minimum absolute atomic E-state index is 0.0424. The van der Waals surface area contributed by atoms with E-state index in [9.17, 15) is 0 Å². The molecule has 0 aliphatic carbocycles. The Hall–Kier alpha value is 0.0700. The van der Waals surface area contributed by atoms with E-state index in [4.69, 9.17) is 15.5 Å². The van der Waals surface area contributed by atoms with Crippen molar-refractivity contribution in [3.63, 3.8) is 0 Å². The predicted octanol–water partition coefficient (Wildman–Crippen LogP) is -0.315. The van der Waals surface area contributed by atoms with E-state index in [1.807, 2.05) is 0 Å². The Morgan fingerprint density at radius 1 is 1.67 bits per heavy atom. The van der Waals surface area contributed by atoms with Crippen LogP contribution in [0.15, 0.2) is 12.3 Å². The van der Waals surface area contributed by atoms with Gasteiger partial charge < -0.3 is 20.0 Å². The van der Waals surface area contributed by atoms with Crippen molar-refractivity contribution < 1.29 is 14.3 Å². The van der Waals surface area contributed by atoms with Gasteiger partial charge in [-0.05, 0) is 24.1 Å².